The van der Waals surface area contributed by atoms with E-state index in [1.54, 1.807) is 0 Å². The Morgan fingerprint density at radius 3 is 1.96 bits per heavy atom. The highest BCUT2D eigenvalue weighted by Crippen LogP contribution is 2.60. The minimum Gasteiger partial charge on any atom is -0.480 e. The Labute approximate surface area is 160 Å². The van der Waals surface area contributed by atoms with Gasteiger partial charge in [-0.2, -0.15) is 0 Å². The standard InChI is InChI=1S/C20H32N2O5/c1-11(2)16(17(23)21-15(10-27-3)18(24)25)22-19(26)20-7-12-4-13(8-20)6-14(5-12)9-20/h11-16H,4-10H2,1-3H3,(H,21,23)(H,22,26)(H,24,25). The SMILES string of the molecule is COCC(NC(=O)C(NC(=O)C12CC3CC(CC(C3)C1)C2)C(C)C)C(=O)O. The second-order valence-corrected chi connectivity index (χ2v) is 9.25. The lowest BCUT2D eigenvalue weighted by Crippen LogP contribution is -2.59. The zero-order valence-corrected chi connectivity index (χ0v) is 16.5. The van der Waals surface area contributed by atoms with Crippen LogP contribution in [-0.4, -0.2) is 48.7 Å². The van der Waals surface area contributed by atoms with Crippen LogP contribution in [0.25, 0.3) is 0 Å². The van der Waals surface area contributed by atoms with Crippen LogP contribution in [0, 0.1) is 29.1 Å². The van der Waals surface area contributed by atoms with E-state index in [0.717, 1.165) is 19.3 Å². The van der Waals surface area contributed by atoms with Crippen molar-refractivity contribution in [3.05, 3.63) is 0 Å². The lowest BCUT2D eigenvalue weighted by atomic mass is 9.49. The Kier molecular flexibility index (Phi) is 5.79. The molecule has 0 aromatic heterocycles. The van der Waals surface area contributed by atoms with Crippen LogP contribution in [0.2, 0.25) is 0 Å². The van der Waals surface area contributed by atoms with E-state index in [2.05, 4.69) is 10.6 Å². The van der Waals surface area contributed by atoms with Crippen LogP contribution < -0.4 is 10.6 Å². The van der Waals surface area contributed by atoms with Crippen molar-refractivity contribution in [2.24, 2.45) is 29.1 Å². The second kappa shape index (κ2) is 7.78. The van der Waals surface area contributed by atoms with Gasteiger partial charge in [-0.3, -0.25) is 9.59 Å². The van der Waals surface area contributed by atoms with Crippen molar-refractivity contribution in [1.29, 1.82) is 0 Å². The molecule has 27 heavy (non-hydrogen) atoms. The first-order valence-corrected chi connectivity index (χ1v) is 10.1. The van der Waals surface area contributed by atoms with E-state index >= 15 is 0 Å². The van der Waals surface area contributed by atoms with Crippen molar-refractivity contribution < 1.29 is 24.2 Å². The van der Waals surface area contributed by atoms with Crippen LogP contribution in [-0.2, 0) is 19.1 Å². The van der Waals surface area contributed by atoms with Crippen molar-refractivity contribution in [3.63, 3.8) is 0 Å². The monoisotopic (exact) mass is 380 g/mol. The first-order valence-electron chi connectivity index (χ1n) is 10.1. The molecule has 2 amide bonds. The average molecular weight is 380 g/mol. The topological polar surface area (TPSA) is 105 Å². The Morgan fingerprint density at radius 2 is 1.56 bits per heavy atom. The Morgan fingerprint density at radius 1 is 1.04 bits per heavy atom. The largest absolute Gasteiger partial charge is 0.480 e. The number of aliphatic carboxylic acids is 1. The maximum absolute atomic E-state index is 13.2. The van der Waals surface area contributed by atoms with Gasteiger partial charge in [0.25, 0.3) is 0 Å². The Hall–Kier alpha value is -1.63. The quantitative estimate of drug-likeness (QED) is 0.593. The molecule has 0 heterocycles. The van der Waals surface area contributed by atoms with Gasteiger partial charge < -0.3 is 20.5 Å². The molecule has 4 fully saturated rings. The molecule has 4 aliphatic carbocycles. The van der Waals surface area contributed by atoms with Gasteiger partial charge in [0.05, 0.1) is 6.61 Å². The van der Waals surface area contributed by atoms with Crippen LogP contribution in [0.4, 0.5) is 0 Å². The van der Waals surface area contributed by atoms with Crippen molar-refractivity contribution in [1.82, 2.24) is 10.6 Å². The first kappa shape index (κ1) is 20.1. The third-order valence-corrected chi connectivity index (χ3v) is 6.70. The smallest absolute Gasteiger partial charge is 0.328 e. The molecule has 0 spiro atoms. The summed E-state index contributed by atoms with van der Waals surface area (Å²) in [6.07, 6.45) is 6.53. The van der Waals surface area contributed by atoms with Gasteiger partial charge in [0.2, 0.25) is 11.8 Å². The van der Waals surface area contributed by atoms with E-state index in [1.807, 2.05) is 13.8 Å². The molecular formula is C20H32N2O5. The molecule has 0 radical (unpaired) electrons. The van der Waals surface area contributed by atoms with Gasteiger partial charge in [-0.25, -0.2) is 4.79 Å². The number of carbonyl (C=O) groups excluding carboxylic acids is 2. The van der Waals surface area contributed by atoms with E-state index in [9.17, 15) is 19.5 Å². The highest BCUT2D eigenvalue weighted by molar-refractivity contribution is 5.92. The fraction of sp³-hybridized carbons (Fsp3) is 0.850. The number of rotatable bonds is 8. The van der Waals surface area contributed by atoms with Gasteiger partial charge in [-0.15, -0.1) is 0 Å². The number of hydrogen-bond acceptors (Lipinski definition) is 4. The summed E-state index contributed by atoms with van der Waals surface area (Å²) in [5, 5.41) is 14.7. The number of carboxylic acids is 1. The summed E-state index contributed by atoms with van der Waals surface area (Å²) in [7, 11) is 1.39. The van der Waals surface area contributed by atoms with Crippen molar-refractivity contribution >= 4 is 17.8 Å². The van der Waals surface area contributed by atoms with Gasteiger partial charge in [0.15, 0.2) is 6.04 Å². The average Bonchev–Trinajstić information content (AvgIpc) is 2.57. The molecule has 0 aromatic carbocycles. The molecule has 7 heteroatoms. The van der Waals surface area contributed by atoms with Crippen LogP contribution >= 0.6 is 0 Å². The summed E-state index contributed by atoms with van der Waals surface area (Å²) in [5.41, 5.74) is -0.332. The molecular weight excluding hydrogens is 348 g/mol. The molecule has 4 aliphatic rings. The Bertz CT molecular complexity index is 568. The molecule has 7 nitrogen and oxygen atoms in total. The van der Waals surface area contributed by atoms with Gasteiger partial charge in [-0.1, -0.05) is 13.8 Å². The van der Waals surface area contributed by atoms with Gasteiger partial charge in [-0.05, 0) is 62.2 Å². The fourth-order valence-corrected chi connectivity index (χ4v) is 5.82. The number of carboxylic acid groups (broad SMARTS) is 1. The third kappa shape index (κ3) is 4.13. The molecule has 2 unspecified atom stereocenters. The van der Waals surface area contributed by atoms with Gasteiger partial charge in [0.1, 0.15) is 6.04 Å². The van der Waals surface area contributed by atoms with Crippen LogP contribution in [0.3, 0.4) is 0 Å². The predicted octanol–water partition coefficient (Wildman–Crippen LogP) is 1.56. The molecule has 0 saturated heterocycles. The number of nitrogens with one attached hydrogen (secondary N) is 2. The van der Waals surface area contributed by atoms with Crippen LogP contribution in [0.5, 0.6) is 0 Å². The molecule has 0 aromatic rings. The summed E-state index contributed by atoms with van der Waals surface area (Å²) in [6, 6.07) is -1.87. The zero-order chi connectivity index (χ0) is 19.8. The van der Waals surface area contributed by atoms with Crippen LogP contribution in [0.1, 0.15) is 52.4 Å². The summed E-state index contributed by atoms with van der Waals surface area (Å²) in [5.74, 6) is 0.158. The molecule has 4 saturated carbocycles. The fourth-order valence-electron chi connectivity index (χ4n) is 5.82. The highest BCUT2D eigenvalue weighted by atomic mass is 16.5. The predicted molar refractivity (Wildman–Crippen MR) is 98.8 cm³/mol. The summed E-state index contributed by atoms with van der Waals surface area (Å²) in [4.78, 5) is 37.2. The minimum absolute atomic E-state index is 0.0194. The number of amides is 2. The lowest BCUT2D eigenvalue weighted by molar-refractivity contribution is -0.149. The van der Waals surface area contributed by atoms with E-state index in [1.165, 1.54) is 26.4 Å². The number of carbonyl (C=O) groups is 3. The zero-order valence-electron chi connectivity index (χ0n) is 16.5. The first-order chi connectivity index (χ1) is 12.7. The van der Waals surface area contributed by atoms with E-state index in [0.29, 0.717) is 17.8 Å². The van der Waals surface area contributed by atoms with Crippen LogP contribution in [0.15, 0.2) is 0 Å². The summed E-state index contributed by atoms with van der Waals surface area (Å²) >= 11 is 0. The molecule has 0 aliphatic heterocycles. The van der Waals surface area contributed by atoms with E-state index in [-0.39, 0.29) is 23.8 Å². The number of hydrogen-bond donors (Lipinski definition) is 3. The lowest BCUT2D eigenvalue weighted by Gasteiger charge is -2.55. The van der Waals surface area contributed by atoms with E-state index < -0.39 is 24.0 Å². The van der Waals surface area contributed by atoms with Gasteiger partial charge in [0, 0.05) is 12.5 Å². The maximum atomic E-state index is 13.2. The van der Waals surface area contributed by atoms with Crippen molar-refractivity contribution in [2.75, 3.05) is 13.7 Å². The van der Waals surface area contributed by atoms with Crippen molar-refractivity contribution in [2.45, 2.75) is 64.5 Å². The van der Waals surface area contributed by atoms with Gasteiger partial charge >= 0.3 is 5.97 Å². The Balaban J connectivity index is 1.68. The normalized spacial score (nSPS) is 33.6. The second-order valence-electron chi connectivity index (χ2n) is 9.25. The molecule has 4 bridgehead atoms. The highest BCUT2D eigenvalue weighted by Gasteiger charge is 2.55. The number of methoxy groups -OCH3 is 1. The minimum atomic E-state index is -1.15. The van der Waals surface area contributed by atoms with E-state index in [4.69, 9.17) is 4.74 Å². The summed E-state index contributed by atoms with van der Waals surface area (Å²) < 4.78 is 4.87. The molecule has 2 atom stereocenters. The third-order valence-electron chi connectivity index (χ3n) is 6.70. The van der Waals surface area contributed by atoms with Crippen molar-refractivity contribution in [3.8, 4) is 0 Å². The molecule has 3 N–H and O–H groups in total. The maximum Gasteiger partial charge on any atom is 0.328 e. The summed E-state index contributed by atoms with van der Waals surface area (Å²) in [6.45, 7) is 3.60. The molecule has 4 rings (SSSR count). The molecule has 152 valence electrons. The number of ether oxygens (including phenoxy) is 1.